The van der Waals surface area contributed by atoms with Gasteiger partial charge in [0.1, 0.15) is 17.3 Å². The lowest BCUT2D eigenvalue weighted by Crippen LogP contribution is -2.38. The van der Waals surface area contributed by atoms with Crippen molar-refractivity contribution >= 4 is 23.8 Å². The van der Waals surface area contributed by atoms with Crippen LogP contribution in [0.5, 0.6) is 11.5 Å². The molecule has 6 rings (SSSR count). The first-order valence-electron chi connectivity index (χ1n) is 14.1. The van der Waals surface area contributed by atoms with E-state index in [1.807, 2.05) is 53.4 Å². The summed E-state index contributed by atoms with van der Waals surface area (Å²) in [6, 6.07) is 15.9. The van der Waals surface area contributed by atoms with Gasteiger partial charge in [-0.3, -0.25) is 4.90 Å². The molecule has 4 heterocycles. The smallest absolute Gasteiger partial charge is 0.413 e. The standard InChI is InChI=1S/C31H33N7O5/c1-41-24-7-3-21(4-8-24)19-37(20-22-5-9-25(42-2)10-6-22)29-32-17-23(18-33-29)27-26-11-12-38(31(39)40)28(26)35-30(34-27)36-13-15-43-16-14-36/h3-10,17-18H,11-16,19-20H2,1-2H3,(H,39,40). The third kappa shape index (κ3) is 6.14. The average Bonchev–Trinajstić information content (AvgIpc) is 3.50. The fourth-order valence-corrected chi connectivity index (χ4v) is 5.28. The maximum Gasteiger partial charge on any atom is 0.413 e. The van der Waals surface area contributed by atoms with Crippen LogP contribution in [0.15, 0.2) is 60.9 Å². The normalized spacial score (nSPS) is 14.4. The second kappa shape index (κ2) is 12.5. The molecule has 2 aromatic heterocycles. The Balaban J connectivity index is 1.33. The maximum atomic E-state index is 12.0. The Morgan fingerprint density at radius 1 is 0.884 bits per heavy atom. The quantitative estimate of drug-likeness (QED) is 0.307. The van der Waals surface area contributed by atoms with Crippen molar-refractivity contribution in [1.82, 2.24) is 19.9 Å². The van der Waals surface area contributed by atoms with E-state index in [1.165, 1.54) is 4.90 Å². The van der Waals surface area contributed by atoms with Crippen LogP contribution in [0.4, 0.5) is 22.5 Å². The van der Waals surface area contributed by atoms with Gasteiger partial charge in [-0.1, -0.05) is 24.3 Å². The Morgan fingerprint density at radius 3 is 2.00 bits per heavy atom. The van der Waals surface area contributed by atoms with Gasteiger partial charge < -0.3 is 29.1 Å². The number of amides is 1. The number of benzene rings is 2. The van der Waals surface area contributed by atoms with Crippen LogP contribution >= 0.6 is 0 Å². The molecule has 1 fully saturated rings. The van der Waals surface area contributed by atoms with Crippen LogP contribution in [0.2, 0.25) is 0 Å². The molecular weight excluding hydrogens is 550 g/mol. The van der Waals surface area contributed by atoms with Gasteiger partial charge in [-0.15, -0.1) is 0 Å². The predicted molar refractivity (Wildman–Crippen MR) is 161 cm³/mol. The van der Waals surface area contributed by atoms with Crippen LogP contribution in [-0.4, -0.2) is 78.2 Å². The number of rotatable bonds is 9. The van der Waals surface area contributed by atoms with Crippen molar-refractivity contribution < 1.29 is 24.1 Å². The van der Waals surface area contributed by atoms with Crippen LogP contribution in [0.1, 0.15) is 16.7 Å². The van der Waals surface area contributed by atoms with Crippen LogP contribution in [-0.2, 0) is 24.2 Å². The molecule has 43 heavy (non-hydrogen) atoms. The molecule has 4 aromatic rings. The van der Waals surface area contributed by atoms with E-state index >= 15 is 0 Å². The first-order chi connectivity index (χ1) is 21.0. The Hall–Kier alpha value is -4.97. The molecular formula is C31H33N7O5. The molecule has 0 bridgehead atoms. The van der Waals surface area contributed by atoms with Crippen LogP contribution in [0.3, 0.4) is 0 Å². The van der Waals surface area contributed by atoms with Crippen molar-refractivity contribution in [2.45, 2.75) is 19.5 Å². The van der Waals surface area contributed by atoms with Crippen molar-refractivity contribution in [2.24, 2.45) is 0 Å². The summed E-state index contributed by atoms with van der Waals surface area (Å²) in [6.45, 7) is 3.87. The average molecular weight is 584 g/mol. The SMILES string of the molecule is COc1ccc(CN(Cc2ccc(OC)cc2)c2ncc(-c3nc(N4CCOCC4)nc4c3CCN4C(=O)O)cn2)cc1. The van der Waals surface area contributed by atoms with Crippen molar-refractivity contribution in [3.8, 4) is 22.8 Å². The highest BCUT2D eigenvalue weighted by Gasteiger charge is 2.31. The van der Waals surface area contributed by atoms with Crippen LogP contribution in [0.25, 0.3) is 11.3 Å². The van der Waals surface area contributed by atoms with Crippen molar-refractivity contribution in [3.05, 3.63) is 77.6 Å². The summed E-state index contributed by atoms with van der Waals surface area (Å²) in [4.78, 5) is 36.5. The van der Waals surface area contributed by atoms with Gasteiger partial charge in [0.25, 0.3) is 0 Å². The number of aromatic nitrogens is 4. The molecule has 0 spiro atoms. The highest BCUT2D eigenvalue weighted by Crippen LogP contribution is 2.35. The first kappa shape index (κ1) is 28.2. The Morgan fingerprint density at radius 2 is 1.47 bits per heavy atom. The monoisotopic (exact) mass is 583 g/mol. The van der Waals surface area contributed by atoms with E-state index in [9.17, 15) is 9.90 Å². The minimum atomic E-state index is -1.03. The number of carboxylic acid groups (broad SMARTS) is 1. The summed E-state index contributed by atoms with van der Waals surface area (Å²) in [7, 11) is 3.30. The lowest BCUT2D eigenvalue weighted by atomic mass is 10.1. The summed E-state index contributed by atoms with van der Waals surface area (Å²) in [5, 5.41) is 9.81. The highest BCUT2D eigenvalue weighted by molar-refractivity contribution is 5.89. The minimum Gasteiger partial charge on any atom is -0.497 e. The van der Waals surface area contributed by atoms with Crippen LogP contribution < -0.4 is 24.2 Å². The van der Waals surface area contributed by atoms with E-state index in [-0.39, 0.29) is 0 Å². The first-order valence-corrected chi connectivity index (χ1v) is 14.1. The molecule has 0 aliphatic carbocycles. The number of anilines is 3. The van der Waals surface area contributed by atoms with Gasteiger partial charge in [0.15, 0.2) is 0 Å². The third-order valence-electron chi connectivity index (χ3n) is 7.60. The van der Waals surface area contributed by atoms with Gasteiger partial charge in [-0.25, -0.2) is 19.7 Å². The number of hydrogen-bond donors (Lipinski definition) is 1. The van der Waals surface area contributed by atoms with Gasteiger partial charge in [0.05, 0.1) is 33.1 Å². The second-order valence-corrected chi connectivity index (χ2v) is 10.3. The van der Waals surface area contributed by atoms with Crippen molar-refractivity contribution in [1.29, 1.82) is 0 Å². The molecule has 12 nitrogen and oxygen atoms in total. The number of hydrogen-bond acceptors (Lipinski definition) is 10. The number of ether oxygens (including phenoxy) is 3. The van der Waals surface area contributed by atoms with Gasteiger partial charge >= 0.3 is 6.09 Å². The second-order valence-electron chi connectivity index (χ2n) is 10.3. The topological polar surface area (TPSA) is 126 Å². The Bertz CT molecular complexity index is 1510. The molecule has 2 aromatic carbocycles. The number of nitrogens with zero attached hydrogens (tertiary/aromatic N) is 7. The number of fused-ring (bicyclic) bond motifs is 1. The lowest BCUT2D eigenvalue weighted by molar-refractivity contribution is 0.122. The molecule has 0 radical (unpaired) electrons. The molecule has 12 heteroatoms. The zero-order valence-electron chi connectivity index (χ0n) is 24.1. The summed E-state index contributed by atoms with van der Waals surface area (Å²) in [6.07, 6.45) is 3.00. The van der Waals surface area contributed by atoms with E-state index < -0.39 is 6.09 Å². The third-order valence-corrected chi connectivity index (χ3v) is 7.60. The number of carbonyl (C=O) groups is 1. The zero-order valence-corrected chi connectivity index (χ0v) is 24.1. The molecule has 0 atom stereocenters. The van der Waals surface area contributed by atoms with E-state index in [1.54, 1.807) is 26.6 Å². The summed E-state index contributed by atoms with van der Waals surface area (Å²) >= 11 is 0. The lowest BCUT2D eigenvalue weighted by Gasteiger charge is -2.28. The number of morpholine rings is 1. The van der Waals surface area contributed by atoms with E-state index in [4.69, 9.17) is 29.2 Å². The van der Waals surface area contributed by atoms with Crippen molar-refractivity contribution in [2.75, 3.05) is 61.8 Å². The molecule has 0 unspecified atom stereocenters. The Kier molecular flexibility index (Phi) is 8.18. The minimum absolute atomic E-state index is 0.329. The van der Waals surface area contributed by atoms with E-state index in [0.717, 1.165) is 28.2 Å². The van der Waals surface area contributed by atoms with E-state index in [0.29, 0.717) is 81.3 Å². The number of methoxy groups -OCH3 is 2. The van der Waals surface area contributed by atoms with Crippen molar-refractivity contribution in [3.63, 3.8) is 0 Å². The summed E-state index contributed by atoms with van der Waals surface area (Å²) < 4.78 is 16.1. The largest absolute Gasteiger partial charge is 0.497 e. The molecule has 1 amide bonds. The van der Waals surface area contributed by atoms with Crippen LogP contribution in [0, 0.1) is 0 Å². The Labute approximate surface area is 249 Å². The predicted octanol–water partition coefficient (Wildman–Crippen LogP) is 4.03. The molecule has 222 valence electrons. The fraction of sp³-hybridized carbons (Fsp3) is 0.323. The van der Waals surface area contributed by atoms with E-state index in [2.05, 4.69) is 9.88 Å². The van der Waals surface area contributed by atoms with Gasteiger partial charge in [-0.05, 0) is 41.8 Å². The summed E-state index contributed by atoms with van der Waals surface area (Å²) in [5.41, 5.74) is 4.31. The molecule has 1 N–H and O–H groups in total. The fourth-order valence-electron chi connectivity index (χ4n) is 5.28. The maximum absolute atomic E-state index is 12.0. The van der Waals surface area contributed by atoms with Gasteiger partial charge in [0, 0.05) is 56.2 Å². The van der Waals surface area contributed by atoms with Gasteiger partial charge in [0.2, 0.25) is 11.9 Å². The molecule has 2 aliphatic heterocycles. The zero-order chi connectivity index (χ0) is 29.8. The summed E-state index contributed by atoms with van der Waals surface area (Å²) in [5.74, 6) is 3.04. The van der Waals surface area contributed by atoms with Gasteiger partial charge in [-0.2, -0.15) is 4.98 Å². The molecule has 1 saturated heterocycles. The molecule has 0 saturated carbocycles. The molecule has 2 aliphatic rings. The highest BCUT2D eigenvalue weighted by atomic mass is 16.5.